The van der Waals surface area contributed by atoms with Crippen LogP contribution in [0.3, 0.4) is 0 Å². The lowest BCUT2D eigenvalue weighted by Gasteiger charge is -2.43. The summed E-state index contributed by atoms with van der Waals surface area (Å²) in [6, 6.07) is 2.56. The molecule has 2 atom stereocenters. The van der Waals surface area contributed by atoms with Crippen LogP contribution in [-0.2, 0) is 6.54 Å². The van der Waals surface area contributed by atoms with Crippen molar-refractivity contribution in [2.75, 3.05) is 6.54 Å². The van der Waals surface area contributed by atoms with Crippen molar-refractivity contribution in [1.82, 2.24) is 4.90 Å². The Hall–Kier alpha value is -1.29. The first-order valence-corrected chi connectivity index (χ1v) is 7.72. The van der Waals surface area contributed by atoms with Crippen LogP contribution in [0.25, 0.3) is 0 Å². The van der Waals surface area contributed by atoms with E-state index >= 15 is 0 Å². The van der Waals surface area contributed by atoms with Crippen molar-refractivity contribution < 1.29 is 14.3 Å². The summed E-state index contributed by atoms with van der Waals surface area (Å²) in [5.74, 6) is 0.763. The third-order valence-corrected chi connectivity index (χ3v) is 4.88. The molecule has 2 heterocycles. The molecule has 1 saturated carbocycles. The molecule has 3 rings (SSSR count). The first kappa shape index (κ1) is 13.7. The van der Waals surface area contributed by atoms with Gasteiger partial charge in [0.05, 0.1) is 6.54 Å². The Kier molecular flexibility index (Phi) is 3.83. The van der Waals surface area contributed by atoms with Crippen LogP contribution in [0.4, 0.5) is 0 Å². The summed E-state index contributed by atoms with van der Waals surface area (Å²) in [5.41, 5.74) is 0.727. The van der Waals surface area contributed by atoms with E-state index in [1.807, 2.05) is 6.07 Å². The number of hydrogen-bond acceptors (Lipinski definition) is 3. The van der Waals surface area contributed by atoms with Gasteiger partial charge in [0.2, 0.25) is 5.76 Å². The predicted octanol–water partition coefficient (Wildman–Crippen LogP) is 3.44. The Morgan fingerprint density at radius 1 is 1.35 bits per heavy atom. The number of carboxylic acid groups (broad SMARTS) is 1. The fraction of sp³-hybridized carbons (Fsp3) is 0.688. The molecule has 1 aliphatic heterocycles. The number of carbonyl (C=O) groups is 1. The molecule has 1 N–H and O–H groups in total. The number of nitrogens with zero attached hydrogens (tertiary/aromatic N) is 1. The summed E-state index contributed by atoms with van der Waals surface area (Å²) >= 11 is 0. The van der Waals surface area contributed by atoms with Gasteiger partial charge in [-0.2, -0.15) is 0 Å². The number of aryl methyl sites for hydroxylation is 1. The van der Waals surface area contributed by atoms with E-state index in [1.54, 1.807) is 6.92 Å². The molecule has 0 spiro atoms. The minimum Gasteiger partial charge on any atom is -0.475 e. The van der Waals surface area contributed by atoms with Gasteiger partial charge in [-0.25, -0.2) is 4.79 Å². The topological polar surface area (TPSA) is 53.7 Å². The molecule has 4 nitrogen and oxygen atoms in total. The molecule has 2 unspecified atom stereocenters. The van der Waals surface area contributed by atoms with E-state index in [2.05, 4.69) is 4.90 Å². The van der Waals surface area contributed by atoms with Gasteiger partial charge in [-0.15, -0.1) is 0 Å². The second-order valence-corrected chi connectivity index (χ2v) is 6.25. The molecule has 0 amide bonds. The first-order chi connectivity index (χ1) is 9.65. The minimum absolute atomic E-state index is 0.0946. The number of rotatable bonds is 3. The maximum atomic E-state index is 11.0. The van der Waals surface area contributed by atoms with Crippen LogP contribution in [0.2, 0.25) is 0 Å². The number of furan rings is 1. The summed E-state index contributed by atoms with van der Waals surface area (Å²) < 4.78 is 5.52. The highest BCUT2D eigenvalue weighted by atomic mass is 16.4. The van der Waals surface area contributed by atoms with E-state index in [0.29, 0.717) is 6.04 Å². The van der Waals surface area contributed by atoms with Crippen LogP contribution in [-0.4, -0.2) is 28.6 Å². The van der Waals surface area contributed by atoms with Gasteiger partial charge >= 0.3 is 5.97 Å². The average Bonchev–Trinajstić information content (AvgIpc) is 2.80. The number of piperidine rings is 1. The van der Waals surface area contributed by atoms with Gasteiger partial charge in [0, 0.05) is 11.6 Å². The standard InChI is InChI=1S/C16H23NO3/c1-11-9-13(20-15(11)16(18)19)10-17-8-4-6-12-5-2-3-7-14(12)17/h9,12,14H,2-8,10H2,1H3,(H,18,19). The van der Waals surface area contributed by atoms with Crippen molar-refractivity contribution in [3.8, 4) is 0 Å². The second kappa shape index (κ2) is 5.60. The maximum Gasteiger partial charge on any atom is 0.372 e. The predicted molar refractivity (Wildman–Crippen MR) is 75.8 cm³/mol. The fourth-order valence-electron chi connectivity index (χ4n) is 3.96. The van der Waals surface area contributed by atoms with Crippen molar-refractivity contribution in [3.63, 3.8) is 0 Å². The lowest BCUT2D eigenvalue weighted by Crippen LogP contribution is -2.46. The molecule has 0 bridgehead atoms. The van der Waals surface area contributed by atoms with E-state index in [9.17, 15) is 4.79 Å². The zero-order valence-corrected chi connectivity index (χ0v) is 12.1. The number of carboxylic acids is 1. The molecule has 1 aliphatic carbocycles. The lowest BCUT2D eigenvalue weighted by atomic mass is 9.78. The van der Waals surface area contributed by atoms with Gasteiger partial charge < -0.3 is 9.52 Å². The van der Waals surface area contributed by atoms with Gasteiger partial charge in [-0.1, -0.05) is 12.8 Å². The van der Waals surface area contributed by atoms with E-state index in [0.717, 1.165) is 30.3 Å². The highest BCUT2D eigenvalue weighted by molar-refractivity contribution is 5.86. The van der Waals surface area contributed by atoms with E-state index in [1.165, 1.54) is 38.5 Å². The second-order valence-electron chi connectivity index (χ2n) is 6.25. The smallest absolute Gasteiger partial charge is 0.372 e. The van der Waals surface area contributed by atoms with Crippen LogP contribution >= 0.6 is 0 Å². The molecule has 2 fully saturated rings. The van der Waals surface area contributed by atoms with Crippen molar-refractivity contribution in [2.45, 2.75) is 58.0 Å². The van der Waals surface area contributed by atoms with Crippen LogP contribution in [0, 0.1) is 12.8 Å². The van der Waals surface area contributed by atoms with Crippen molar-refractivity contribution in [3.05, 3.63) is 23.2 Å². The van der Waals surface area contributed by atoms with Crippen LogP contribution in [0.5, 0.6) is 0 Å². The van der Waals surface area contributed by atoms with Crippen LogP contribution in [0.1, 0.15) is 60.4 Å². The third-order valence-electron chi connectivity index (χ3n) is 4.88. The highest BCUT2D eigenvalue weighted by Gasteiger charge is 2.33. The molecule has 4 heteroatoms. The monoisotopic (exact) mass is 277 g/mol. The Balaban J connectivity index is 1.73. The summed E-state index contributed by atoms with van der Waals surface area (Å²) in [4.78, 5) is 13.6. The Labute approximate surface area is 119 Å². The molecule has 20 heavy (non-hydrogen) atoms. The Morgan fingerprint density at radius 3 is 2.85 bits per heavy atom. The quantitative estimate of drug-likeness (QED) is 0.919. The molecular formula is C16H23NO3. The largest absolute Gasteiger partial charge is 0.475 e. The zero-order chi connectivity index (χ0) is 14.1. The summed E-state index contributed by atoms with van der Waals surface area (Å²) in [7, 11) is 0. The van der Waals surface area contributed by atoms with E-state index in [-0.39, 0.29) is 5.76 Å². The van der Waals surface area contributed by atoms with Crippen molar-refractivity contribution >= 4 is 5.97 Å². The van der Waals surface area contributed by atoms with E-state index < -0.39 is 5.97 Å². The average molecular weight is 277 g/mol. The van der Waals surface area contributed by atoms with Gasteiger partial charge in [0.1, 0.15) is 5.76 Å². The molecule has 1 aromatic rings. The van der Waals surface area contributed by atoms with Gasteiger partial charge in [-0.3, -0.25) is 4.90 Å². The number of likely N-dealkylation sites (tertiary alicyclic amines) is 1. The Morgan fingerprint density at radius 2 is 2.10 bits per heavy atom. The van der Waals surface area contributed by atoms with Crippen molar-refractivity contribution in [2.24, 2.45) is 5.92 Å². The van der Waals surface area contributed by atoms with Gasteiger partial charge in [-0.05, 0) is 51.1 Å². The molecular weight excluding hydrogens is 254 g/mol. The molecule has 1 aromatic heterocycles. The van der Waals surface area contributed by atoms with Crippen LogP contribution < -0.4 is 0 Å². The molecule has 2 aliphatic rings. The molecule has 0 aromatic carbocycles. The molecule has 110 valence electrons. The zero-order valence-electron chi connectivity index (χ0n) is 12.1. The van der Waals surface area contributed by atoms with Crippen LogP contribution in [0.15, 0.2) is 10.5 Å². The maximum absolute atomic E-state index is 11.0. The van der Waals surface area contributed by atoms with Crippen molar-refractivity contribution in [1.29, 1.82) is 0 Å². The number of hydrogen-bond donors (Lipinski definition) is 1. The summed E-state index contributed by atoms with van der Waals surface area (Å²) in [6.45, 7) is 3.68. The van der Waals surface area contributed by atoms with Gasteiger partial charge in [0.15, 0.2) is 0 Å². The Bertz CT molecular complexity index is 492. The number of fused-ring (bicyclic) bond motifs is 1. The van der Waals surface area contributed by atoms with E-state index in [4.69, 9.17) is 9.52 Å². The minimum atomic E-state index is -0.970. The third kappa shape index (κ3) is 2.62. The lowest BCUT2D eigenvalue weighted by molar-refractivity contribution is 0.0480. The highest BCUT2D eigenvalue weighted by Crippen LogP contribution is 2.36. The molecule has 1 saturated heterocycles. The fourth-order valence-corrected chi connectivity index (χ4v) is 3.96. The first-order valence-electron chi connectivity index (χ1n) is 7.72. The summed E-state index contributed by atoms with van der Waals surface area (Å²) in [6.07, 6.45) is 7.97. The normalized spacial score (nSPS) is 27.2. The number of aromatic carboxylic acids is 1. The molecule has 0 radical (unpaired) electrons. The SMILES string of the molecule is Cc1cc(CN2CCCC3CCCCC32)oc1C(=O)O. The van der Waals surface area contributed by atoms with Gasteiger partial charge in [0.25, 0.3) is 0 Å². The summed E-state index contributed by atoms with van der Waals surface area (Å²) in [5, 5.41) is 9.06.